The Labute approximate surface area is 228 Å². The lowest BCUT2D eigenvalue weighted by Gasteiger charge is -2.15. The molecule has 3 heterocycles. The molecule has 5 rings (SSSR count). The molecule has 0 unspecified atom stereocenters. The minimum atomic E-state index is -0.0677. The van der Waals surface area contributed by atoms with E-state index in [4.69, 9.17) is 23.2 Å². The summed E-state index contributed by atoms with van der Waals surface area (Å²) in [6.07, 6.45) is 2.42. The number of carbonyl (C=O) groups is 1. The minimum absolute atomic E-state index is 0.0677. The van der Waals surface area contributed by atoms with Crippen molar-refractivity contribution in [2.24, 2.45) is 0 Å². The molecule has 3 N–H and O–H groups in total. The Morgan fingerprint density at radius 3 is 2.35 bits per heavy atom. The lowest BCUT2D eigenvalue weighted by molar-refractivity contribution is -0.110. The number of aromatic nitrogens is 5. The van der Waals surface area contributed by atoms with E-state index in [0.29, 0.717) is 39.4 Å². The van der Waals surface area contributed by atoms with Crippen molar-refractivity contribution in [3.8, 4) is 11.1 Å². The van der Waals surface area contributed by atoms with Crippen LogP contribution in [0.5, 0.6) is 0 Å². The van der Waals surface area contributed by atoms with Crippen LogP contribution >= 0.6 is 34.9 Å². The number of rotatable bonds is 5. The van der Waals surface area contributed by atoms with Crippen LogP contribution in [0, 0.1) is 0 Å². The Bertz CT molecular complexity index is 1550. The molecule has 0 saturated heterocycles. The third-order valence-corrected chi connectivity index (χ3v) is 6.23. The van der Waals surface area contributed by atoms with E-state index in [1.54, 1.807) is 25.4 Å². The number of hydrogen-bond donors (Lipinski definition) is 3. The number of carbonyl (C=O) groups excluding carboxylic acids is 1. The first kappa shape index (κ1) is 26.5. The zero-order valence-electron chi connectivity index (χ0n) is 20.5. The highest BCUT2D eigenvalue weighted by atomic mass is 35.5. The van der Waals surface area contributed by atoms with Gasteiger partial charge in [-0.2, -0.15) is 13.7 Å². The first-order valence-corrected chi connectivity index (χ1v) is 12.7. The number of anilines is 3. The highest BCUT2D eigenvalue weighted by Crippen LogP contribution is 2.39. The van der Waals surface area contributed by atoms with Crippen LogP contribution in [0.15, 0.2) is 48.7 Å². The molecule has 0 bridgehead atoms. The molecule has 1 amide bonds. The molecule has 0 atom stereocenters. The van der Waals surface area contributed by atoms with Gasteiger partial charge in [0.1, 0.15) is 16.9 Å². The normalized spacial score (nSPS) is 11.1. The lowest BCUT2D eigenvalue weighted by atomic mass is 10.1. The van der Waals surface area contributed by atoms with Crippen molar-refractivity contribution in [1.29, 1.82) is 0 Å². The van der Waals surface area contributed by atoms with Gasteiger partial charge in [-0.25, -0.2) is 9.97 Å². The lowest BCUT2D eigenvalue weighted by Crippen LogP contribution is -2.34. The van der Waals surface area contributed by atoms with Crippen molar-refractivity contribution in [2.45, 2.75) is 26.3 Å². The zero-order valence-corrected chi connectivity index (χ0v) is 22.8. The third-order valence-electron chi connectivity index (χ3n) is 5.04. The molecule has 2 aromatic carbocycles. The van der Waals surface area contributed by atoms with Crippen molar-refractivity contribution >= 4 is 80.9 Å². The molecule has 12 heteroatoms. The maximum absolute atomic E-state index is 9.71. The summed E-state index contributed by atoms with van der Waals surface area (Å²) in [6.45, 7) is 5.80. The summed E-state index contributed by atoms with van der Waals surface area (Å²) in [5.74, 6) is 1.06. The molecule has 0 aliphatic heterocycles. The van der Waals surface area contributed by atoms with Crippen LogP contribution in [-0.2, 0) is 4.79 Å². The number of amides is 1. The average molecular weight is 555 g/mol. The van der Waals surface area contributed by atoms with E-state index in [1.807, 2.05) is 51.1 Å². The van der Waals surface area contributed by atoms with Gasteiger partial charge >= 0.3 is 0 Å². The van der Waals surface area contributed by atoms with E-state index < -0.39 is 0 Å². The summed E-state index contributed by atoms with van der Waals surface area (Å²) in [4.78, 5) is 23.3. The Balaban J connectivity index is 0.000000405. The number of nitrogens with zero attached hydrogens (tertiary/aromatic N) is 5. The summed E-state index contributed by atoms with van der Waals surface area (Å²) < 4.78 is 8.46. The van der Waals surface area contributed by atoms with Crippen LogP contribution in [-0.4, -0.2) is 42.7 Å². The number of nitrogens with one attached hydrogen (secondary N) is 3. The highest BCUT2D eigenvalue weighted by Gasteiger charge is 2.16. The Kier molecular flexibility index (Phi) is 8.01. The van der Waals surface area contributed by atoms with E-state index in [9.17, 15) is 4.79 Å². The Morgan fingerprint density at radius 2 is 1.70 bits per heavy atom. The van der Waals surface area contributed by atoms with Crippen molar-refractivity contribution in [2.75, 3.05) is 17.7 Å². The number of hydrogen-bond acceptors (Lipinski definition) is 9. The highest BCUT2D eigenvalue weighted by molar-refractivity contribution is 7.00. The van der Waals surface area contributed by atoms with E-state index in [1.165, 1.54) is 11.7 Å². The van der Waals surface area contributed by atoms with Gasteiger partial charge in [0.25, 0.3) is 0 Å². The van der Waals surface area contributed by atoms with Crippen molar-refractivity contribution < 1.29 is 4.79 Å². The summed E-state index contributed by atoms with van der Waals surface area (Å²) in [6, 6.07) is 13.0. The second-order valence-corrected chi connectivity index (χ2v) is 10.3. The molecule has 0 fully saturated rings. The van der Waals surface area contributed by atoms with Crippen LogP contribution in [0.4, 0.5) is 17.5 Å². The average Bonchev–Trinajstić information content (AvgIpc) is 3.31. The second kappa shape index (κ2) is 11.2. The minimum Gasteiger partial charge on any atom is -0.373 e. The van der Waals surface area contributed by atoms with E-state index in [-0.39, 0.29) is 5.54 Å². The molecule has 0 spiro atoms. The second-order valence-electron chi connectivity index (χ2n) is 8.94. The predicted octanol–water partition coefficient (Wildman–Crippen LogP) is 6.32. The smallest absolute Gasteiger partial charge is 0.229 e. The van der Waals surface area contributed by atoms with E-state index >= 15 is 0 Å². The van der Waals surface area contributed by atoms with E-state index in [0.717, 1.165) is 27.7 Å². The van der Waals surface area contributed by atoms with Crippen molar-refractivity contribution in [3.05, 3.63) is 58.7 Å². The summed E-state index contributed by atoms with van der Waals surface area (Å²) in [5, 5.41) is 10.8. The fourth-order valence-corrected chi connectivity index (χ4v) is 4.44. The van der Waals surface area contributed by atoms with Crippen LogP contribution in [0.3, 0.4) is 0 Å². The SMILES string of the molecule is CC(C)(C)NC=O.CNc1nc2nc(Nc3ccc4nsnc4c3)ncc2cc1-c1c(Cl)cccc1Cl. The van der Waals surface area contributed by atoms with Crippen LogP contribution in [0.25, 0.3) is 33.2 Å². The quantitative estimate of drug-likeness (QED) is 0.216. The fourth-order valence-electron chi connectivity index (χ4n) is 3.33. The molecule has 9 nitrogen and oxygen atoms in total. The van der Waals surface area contributed by atoms with Gasteiger partial charge in [-0.1, -0.05) is 29.3 Å². The van der Waals surface area contributed by atoms with Gasteiger partial charge in [-0.15, -0.1) is 0 Å². The largest absolute Gasteiger partial charge is 0.373 e. The van der Waals surface area contributed by atoms with Crippen LogP contribution in [0.2, 0.25) is 10.0 Å². The number of benzene rings is 2. The molecule has 0 aliphatic rings. The predicted molar refractivity (Wildman–Crippen MR) is 152 cm³/mol. The maximum Gasteiger partial charge on any atom is 0.229 e. The Morgan fingerprint density at radius 1 is 0.973 bits per heavy atom. The molecule has 5 aromatic rings. The van der Waals surface area contributed by atoms with Gasteiger partial charge in [0.2, 0.25) is 12.4 Å². The van der Waals surface area contributed by atoms with Crippen molar-refractivity contribution in [1.82, 2.24) is 29.0 Å². The van der Waals surface area contributed by atoms with Gasteiger partial charge < -0.3 is 16.0 Å². The zero-order chi connectivity index (χ0) is 26.6. The Hall–Kier alpha value is -3.60. The molecule has 190 valence electrons. The standard InChI is InChI=1S/C20H13Cl2N7S.C5H11NO/c1-23-19-12(17-13(21)3-2-4-14(17)22)7-10-9-24-20(27-18(10)26-19)25-11-5-6-15-16(8-11)29-30-28-15;1-5(2,3)6-4-7/h2-9H,1H3,(H2,23,24,25,26,27);4H,1-3H3,(H,6,7). The fraction of sp³-hybridized carbons (Fsp3) is 0.200. The first-order valence-electron chi connectivity index (χ1n) is 11.2. The molecule has 0 aliphatic carbocycles. The molecule has 37 heavy (non-hydrogen) atoms. The van der Waals surface area contributed by atoms with Crippen molar-refractivity contribution in [3.63, 3.8) is 0 Å². The number of fused-ring (bicyclic) bond motifs is 2. The van der Waals surface area contributed by atoms with Gasteiger partial charge in [-0.05, 0) is 57.2 Å². The van der Waals surface area contributed by atoms with Crippen LogP contribution in [0.1, 0.15) is 20.8 Å². The molecule has 3 aromatic heterocycles. The molecule has 0 saturated carbocycles. The number of pyridine rings is 1. The number of halogens is 2. The molecule has 0 radical (unpaired) electrons. The summed E-state index contributed by atoms with van der Waals surface area (Å²) in [7, 11) is 1.79. The first-order chi connectivity index (χ1) is 17.7. The van der Waals surface area contributed by atoms with Gasteiger partial charge in [-0.3, -0.25) is 4.79 Å². The van der Waals surface area contributed by atoms with Gasteiger partial charge in [0.05, 0.1) is 21.8 Å². The topological polar surface area (TPSA) is 118 Å². The third kappa shape index (κ3) is 6.40. The van der Waals surface area contributed by atoms with Gasteiger partial charge in [0.15, 0.2) is 5.65 Å². The van der Waals surface area contributed by atoms with E-state index in [2.05, 4.69) is 39.6 Å². The maximum atomic E-state index is 9.71. The molecular formula is C25H24Cl2N8OS. The van der Waals surface area contributed by atoms with Crippen LogP contribution < -0.4 is 16.0 Å². The summed E-state index contributed by atoms with van der Waals surface area (Å²) >= 11 is 14.0. The van der Waals surface area contributed by atoms with Gasteiger partial charge in [0, 0.05) is 41.0 Å². The molecular weight excluding hydrogens is 531 g/mol. The summed E-state index contributed by atoms with van der Waals surface area (Å²) in [5.41, 5.74) is 4.47. The monoisotopic (exact) mass is 554 g/mol.